The van der Waals surface area contributed by atoms with Gasteiger partial charge in [0.25, 0.3) is 0 Å². The number of hydrogen-bond donors (Lipinski definition) is 2. The molecule has 0 radical (unpaired) electrons. The highest BCUT2D eigenvalue weighted by molar-refractivity contribution is 5.97. The minimum Gasteiger partial charge on any atom is -0.488 e. The van der Waals surface area contributed by atoms with Crippen molar-refractivity contribution in [1.82, 2.24) is 15.5 Å². The summed E-state index contributed by atoms with van der Waals surface area (Å²) in [6.07, 6.45) is 0.907. The molecular formula is C34H45N3O7. The van der Waals surface area contributed by atoms with Crippen molar-refractivity contribution in [1.29, 1.82) is 0 Å². The Labute approximate surface area is 259 Å². The van der Waals surface area contributed by atoms with E-state index in [1.807, 2.05) is 63.2 Å². The van der Waals surface area contributed by atoms with Crippen LogP contribution in [-0.4, -0.2) is 71.3 Å². The van der Waals surface area contributed by atoms with E-state index in [9.17, 15) is 19.2 Å². The molecule has 4 rings (SSSR count). The second-order valence-corrected chi connectivity index (χ2v) is 13.6. The molecule has 238 valence electrons. The van der Waals surface area contributed by atoms with Crippen LogP contribution in [0.1, 0.15) is 61.3 Å². The fourth-order valence-electron chi connectivity index (χ4n) is 5.66. The summed E-state index contributed by atoms with van der Waals surface area (Å²) in [4.78, 5) is 55.4. The van der Waals surface area contributed by atoms with Gasteiger partial charge in [0.15, 0.2) is 0 Å². The summed E-state index contributed by atoms with van der Waals surface area (Å²) in [7, 11) is 0. The second kappa shape index (κ2) is 12.5. The third-order valence-corrected chi connectivity index (χ3v) is 7.95. The number of esters is 1. The van der Waals surface area contributed by atoms with E-state index in [-0.39, 0.29) is 25.5 Å². The minimum atomic E-state index is -1.23. The summed E-state index contributed by atoms with van der Waals surface area (Å²) >= 11 is 0. The van der Waals surface area contributed by atoms with Gasteiger partial charge in [-0.3, -0.25) is 9.59 Å². The van der Waals surface area contributed by atoms with Gasteiger partial charge in [0.1, 0.15) is 35.1 Å². The molecule has 1 saturated heterocycles. The SMILES string of the molecule is C=CC1CC1(NC(=O)C1CC(Oc2cccc3ccccc23)CN1C(=O)C(NC(=O)OC(C)(C)C)C(C)(C)C)C(=O)OCC. The lowest BCUT2D eigenvalue weighted by Crippen LogP contribution is -2.59. The quantitative estimate of drug-likeness (QED) is 0.312. The molecule has 0 aromatic heterocycles. The number of fused-ring (bicyclic) bond motifs is 1. The van der Waals surface area contributed by atoms with Crippen molar-refractivity contribution in [2.24, 2.45) is 11.3 Å². The van der Waals surface area contributed by atoms with Crippen LogP contribution in [0.5, 0.6) is 5.75 Å². The maximum atomic E-state index is 14.3. The van der Waals surface area contributed by atoms with Crippen molar-refractivity contribution in [2.45, 2.75) is 90.6 Å². The highest BCUT2D eigenvalue weighted by atomic mass is 16.6. The van der Waals surface area contributed by atoms with Gasteiger partial charge in [-0.1, -0.05) is 63.2 Å². The van der Waals surface area contributed by atoms with Crippen LogP contribution < -0.4 is 15.4 Å². The van der Waals surface area contributed by atoms with Crippen molar-refractivity contribution in [2.75, 3.05) is 13.2 Å². The van der Waals surface area contributed by atoms with E-state index in [1.54, 1.807) is 33.8 Å². The molecule has 5 atom stereocenters. The first-order valence-electron chi connectivity index (χ1n) is 15.2. The second-order valence-electron chi connectivity index (χ2n) is 13.6. The van der Waals surface area contributed by atoms with Crippen molar-refractivity contribution >= 4 is 34.6 Å². The highest BCUT2D eigenvalue weighted by Gasteiger charge is 2.62. The Morgan fingerprint density at radius 2 is 1.75 bits per heavy atom. The third kappa shape index (κ3) is 7.17. The van der Waals surface area contributed by atoms with Gasteiger partial charge in [0.2, 0.25) is 11.8 Å². The average molecular weight is 608 g/mol. The zero-order valence-corrected chi connectivity index (χ0v) is 26.8. The molecule has 3 amide bonds. The zero-order valence-electron chi connectivity index (χ0n) is 26.8. The molecule has 5 unspecified atom stereocenters. The van der Waals surface area contributed by atoms with E-state index in [4.69, 9.17) is 14.2 Å². The van der Waals surface area contributed by atoms with Crippen molar-refractivity contribution < 1.29 is 33.4 Å². The fraction of sp³-hybridized carbons (Fsp3) is 0.529. The first kappa shape index (κ1) is 32.8. The summed E-state index contributed by atoms with van der Waals surface area (Å²) in [5, 5.41) is 7.55. The Balaban J connectivity index is 1.64. The molecule has 2 aliphatic rings. The molecule has 2 N–H and O–H groups in total. The van der Waals surface area contributed by atoms with Gasteiger partial charge in [-0.15, -0.1) is 6.58 Å². The molecular weight excluding hydrogens is 562 g/mol. The normalized spacial score (nSPS) is 23.8. The highest BCUT2D eigenvalue weighted by Crippen LogP contribution is 2.46. The molecule has 1 heterocycles. The number of carbonyl (C=O) groups excluding carboxylic acids is 4. The van der Waals surface area contributed by atoms with Crippen LogP contribution in [0.15, 0.2) is 55.1 Å². The number of likely N-dealkylation sites (tertiary alicyclic amines) is 1. The predicted molar refractivity (Wildman–Crippen MR) is 167 cm³/mol. The number of carbonyl (C=O) groups is 4. The number of alkyl carbamates (subject to hydrolysis) is 1. The van der Waals surface area contributed by atoms with Gasteiger partial charge >= 0.3 is 12.1 Å². The Kier molecular flexibility index (Phi) is 9.32. The van der Waals surface area contributed by atoms with E-state index in [1.165, 1.54) is 4.90 Å². The van der Waals surface area contributed by atoms with Crippen molar-refractivity contribution in [3.8, 4) is 5.75 Å². The third-order valence-electron chi connectivity index (χ3n) is 7.95. The van der Waals surface area contributed by atoms with Gasteiger partial charge < -0.3 is 29.7 Å². The number of rotatable bonds is 9. The molecule has 0 bridgehead atoms. The molecule has 1 aliphatic heterocycles. The van der Waals surface area contributed by atoms with E-state index in [0.29, 0.717) is 12.2 Å². The molecule has 2 aromatic rings. The summed E-state index contributed by atoms with van der Waals surface area (Å²) in [5.74, 6) is -1.12. The summed E-state index contributed by atoms with van der Waals surface area (Å²) < 4.78 is 17.2. The smallest absolute Gasteiger partial charge is 0.408 e. The maximum absolute atomic E-state index is 14.3. The zero-order chi connectivity index (χ0) is 32.4. The van der Waals surface area contributed by atoms with E-state index < -0.39 is 58.6 Å². The van der Waals surface area contributed by atoms with E-state index in [2.05, 4.69) is 17.2 Å². The van der Waals surface area contributed by atoms with Gasteiger partial charge in [0, 0.05) is 17.7 Å². The van der Waals surface area contributed by atoms with E-state index in [0.717, 1.165) is 10.8 Å². The van der Waals surface area contributed by atoms with Crippen LogP contribution in [0.3, 0.4) is 0 Å². The van der Waals surface area contributed by atoms with Crippen LogP contribution in [0.4, 0.5) is 4.79 Å². The van der Waals surface area contributed by atoms with Gasteiger partial charge in [-0.2, -0.15) is 0 Å². The molecule has 1 saturated carbocycles. The van der Waals surface area contributed by atoms with Crippen LogP contribution >= 0.6 is 0 Å². The molecule has 2 aromatic carbocycles. The standard InChI is InChI=1S/C34H45N3O7/c1-9-22-19-34(22,30(40)42-10-2)36-28(38)25-18-23(43-26-17-13-15-21-14-11-12-16-24(21)26)20-37(25)29(39)27(32(3,4)5)35-31(41)44-33(6,7)8/h9,11-17,22-23,25,27H,1,10,18-20H2,2-8H3,(H,35,41)(H,36,38). The predicted octanol–water partition coefficient (Wildman–Crippen LogP) is 4.75. The van der Waals surface area contributed by atoms with Crippen LogP contribution in [-0.2, 0) is 23.9 Å². The minimum absolute atomic E-state index is 0.0972. The fourth-order valence-corrected chi connectivity index (χ4v) is 5.66. The average Bonchev–Trinajstić information content (AvgIpc) is 3.49. The van der Waals surface area contributed by atoms with Crippen LogP contribution in [0.25, 0.3) is 10.8 Å². The topological polar surface area (TPSA) is 123 Å². The first-order chi connectivity index (χ1) is 20.6. The van der Waals surface area contributed by atoms with Crippen molar-refractivity contribution in [3.05, 3.63) is 55.1 Å². The summed E-state index contributed by atoms with van der Waals surface area (Å²) in [6, 6.07) is 11.6. The van der Waals surface area contributed by atoms with Gasteiger partial charge in [-0.05, 0) is 51.0 Å². The van der Waals surface area contributed by atoms with Crippen molar-refractivity contribution in [3.63, 3.8) is 0 Å². The Morgan fingerprint density at radius 1 is 1.07 bits per heavy atom. The molecule has 10 heteroatoms. The Bertz CT molecular complexity index is 1420. The number of amides is 3. The monoisotopic (exact) mass is 607 g/mol. The van der Waals surface area contributed by atoms with Crippen LogP contribution in [0, 0.1) is 11.3 Å². The number of ether oxygens (including phenoxy) is 3. The lowest BCUT2D eigenvalue weighted by Gasteiger charge is -2.36. The summed E-state index contributed by atoms with van der Waals surface area (Å²) in [5.41, 5.74) is -2.72. The van der Waals surface area contributed by atoms with Crippen LogP contribution in [0.2, 0.25) is 0 Å². The van der Waals surface area contributed by atoms with Gasteiger partial charge in [-0.25, -0.2) is 9.59 Å². The van der Waals surface area contributed by atoms with Gasteiger partial charge in [0.05, 0.1) is 13.2 Å². The molecule has 1 aliphatic carbocycles. The number of nitrogens with zero attached hydrogens (tertiary/aromatic N) is 1. The maximum Gasteiger partial charge on any atom is 0.408 e. The molecule has 44 heavy (non-hydrogen) atoms. The Morgan fingerprint density at radius 3 is 2.36 bits per heavy atom. The Hall–Kier alpha value is -4.08. The number of nitrogens with one attached hydrogen (secondary N) is 2. The number of benzene rings is 2. The largest absolute Gasteiger partial charge is 0.488 e. The lowest BCUT2D eigenvalue weighted by molar-refractivity contribution is -0.150. The lowest BCUT2D eigenvalue weighted by atomic mass is 9.85. The molecule has 2 fully saturated rings. The molecule has 10 nitrogen and oxygen atoms in total. The molecule has 0 spiro atoms. The number of hydrogen-bond acceptors (Lipinski definition) is 7. The first-order valence-corrected chi connectivity index (χ1v) is 15.2. The van der Waals surface area contributed by atoms with E-state index >= 15 is 0 Å². The summed E-state index contributed by atoms with van der Waals surface area (Å²) in [6.45, 7) is 16.5.